The quantitative estimate of drug-likeness (QED) is 0.783. The minimum absolute atomic E-state index is 0.0963. The second kappa shape index (κ2) is 7.21. The zero-order valence-electron chi connectivity index (χ0n) is 11.7. The largest absolute Gasteiger partial charge is 0.465 e. The Morgan fingerprint density at radius 1 is 1.33 bits per heavy atom. The van der Waals surface area contributed by atoms with Crippen LogP contribution in [-0.2, 0) is 4.79 Å². The van der Waals surface area contributed by atoms with Crippen molar-refractivity contribution < 1.29 is 9.21 Å². The highest BCUT2D eigenvalue weighted by Gasteiger charge is 2.09. The lowest BCUT2D eigenvalue weighted by molar-refractivity contribution is -0.121. The first-order valence-electron chi connectivity index (χ1n) is 6.55. The SMILES string of the molecule is Cc1ccc(C(C)NCCC(=O)NCC(C)C)o1. The van der Waals surface area contributed by atoms with Gasteiger partial charge in [-0.05, 0) is 31.9 Å². The Morgan fingerprint density at radius 3 is 2.61 bits per heavy atom. The average molecular weight is 252 g/mol. The van der Waals surface area contributed by atoms with E-state index in [9.17, 15) is 4.79 Å². The van der Waals surface area contributed by atoms with Crippen LogP contribution in [0.5, 0.6) is 0 Å². The van der Waals surface area contributed by atoms with Crippen molar-refractivity contribution in [1.82, 2.24) is 10.6 Å². The fourth-order valence-electron chi connectivity index (χ4n) is 1.60. The lowest BCUT2D eigenvalue weighted by Gasteiger charge is -2.12. The third-order valence-electron chi connectivity index (χ3n) is 2.70. The van der Waals surface area contributed by atoms with Crippen LogP contribution in [0.2, 0.25) is 0 Å². The maximum absolute atomic E-state index is 11.5. The van der Waals surface area contributed by atoms with Gasteiger partial charge in [0.15, 0.2) is 0 Å². The van der Waals surface area contributed by atoms with Crippen LogP contribution in [0.15, 0.2) is 16.5 Å². The maximum atomic E-state index is 11.5. The van der Waals surface area contributed by atoms with Crippen molar-refractivity contribution in [3.05, 3.63) is 23.7 Å². The van der Waals surface area contributed by atoms with Crippen LogP contribution in [0.4, 0.5) is 0 Å². The summed E-state index contributed by atoms with van der Waals surface area (Å²) in [6.07, 6.45) is 0.497. The molecule has 102 valence electrons. The van der Waals surface area contributed by atoms with Crippen molar-refractivity contribution in [2.24, 2.45) is 5.92 Å². The Kier molecular flexibility index (Phi) is 5.92. The lowest BCUT2D eigenvalue weighted by Crippen LogP contribution is -2.31. The summed E-state index contributed by atoms with van der Waals surface area (Å²) in [5.74, 6) is 2.41. The van der Waals surface area contributed by atoms with E-state index in [1.807, 2.05) is 26.0 Å². The molecule has 0 aliphatic heterocycles. The average Bonchev–Trinajstić information content (AvgIpc) is 2.73. The molecule has 0 bridgehead atoms. The highest BCUT2D eigenvalue weighted by Crippen LogP contribution is 2.15. The molecule has 1 aromatic heterocycles. The third-order valence-corrected chi connectivity index (χ3v) is 2.70. The number of nitrogens with one attached hydrogen (secondary N) is 2. The summed E-state index contributed by atoms with van der Waals surface area (Å²) in [7, 11) is 0. The van der Waals surface area contributed by atoms with E-state index >= 15 is 0 Å². The second-order valence-electron chi connectivity index (χ2n) is 5.07. The minimum Gasteiger partial charge on any atom is -0.465 e. The summed E-state index contributed by atoms with van der Waals surface area (Å²) in [6, 6.07) is 4.05. The predicted octanol–water partition coefficient (Wildman–Crippen LogP) is 2.40. The van der Waals surface area contributed by atoms with Crippen molar-refractivity contribution in [3.8, 4) is 0 Å². The van der Waals surface area contributed by atoms with Gasteiger partial charge in [-0.2, -0.15) is 0 Å². The summed E-state index contributed by atoms with van der Waals surface area (Å²) < 4.78 is 5.52. The zero-order valence-corrected chi connectivity index (χ0v) is 11.7. The molecular formula is C14H24N2O2. The van der Waals surface area contributed by atoms with Gasteiger partial charge in [-0.15, -0.1) is 0 Å². The molecule has 4 nitrogen and oxygen atoms in total. The lowest BCUT2D eigenvalue weighted by atomic mass is 10.2. The van der Waals surface area contributed by atoms with Crippen molar-refractivity contribution in [1.29, 1.82) is 0 Å². The molecule has 1 amide bonds. The van der Waals surface area contributed by atoms with E-state index in [-0.39, 0.29) is 11.9 Å². The van der Waals surface area contributed by atoms with Gasteiger partial charge in [0.2, 0.25) is 5.91 Å². The Hall–Kier alpha value is -1.29. The highest BCUT2D eigenvalue weighted by molar-refractivity contribution is 5.76. The van der Waals surface area contributed by atoms with E-state index in [0.717, 1.165) is 18.1 Å². The second-order valence-corrected chi connectivity index (χ2v) is 5.07. The van der Waals surface area contributed by atoms with Crippen molar-refractivity contribution in [3.63, 3.8) is 0 Å². The van der Waals surface area contributed by atoms with Crippen molar-refractivity contribution in [2.45, 2.75) is 40.2 Å². The van der Waals surface area contributed by atoms with Gasteiger partial charge in [0.05, 0.1) is 6.04 Å². The molecule has 0 radical (unpaired) electrons. The van der Waals surface area contributed by atoms with Gasteiger partial charge in [-0.1, -0.05) is 13.8 Å². The van der Waals surface area contributed by atoms with Gasteiger partial charge < -0.3 is 15.1 Å². The molecule has 0 spiro atoms. The van der Waals surface area contributed by atoms with Gasteiger partial charge in [0.1, 0.15) is 11.5 Å². The molecule has 0 saturated carbocycles. The molecule has 0 aromatic carbocycles. The molecule has 1 heterocycles. The van der Waals surface area contributed by atoms with Gasteiger partial charge in [-0.25, -0.2) is 0 Å². The topological polar surface area (TPSA) is 54.3 Å². The Balaban J connectivity index is 2.19. The first kappa shape index (κ1) is 14.8. The van der Waals surface area contributed by atoms with E-state index in [0.29, 0.717) is 18.9 Å². The maximum Gasteiger partial charge on any atom is 0.221 e. The third kappa shape index (κ3) is 5.36. The van der Waals surface area contributed by atoms with Crippen molar-refractivity contribution >= 4 is 5.91 Å². The molecule has 1 aromatic rings. The molecule has 1 atom stereocenters. The summed E-state index contributed by atoms with van der Waals surface area (Å²) in [4.78, 5) is 11.5. The summed E-state index contributed by atoms with van der Waals surface area (Å²) in [5.41, 5.74) is 0. The number of furan rings is 1. The van der Waals surface area contributed by atoms with Crippen LogP contribution >= 0.6 is 0 Å². The number of hydrogen-bond acceptors (Lipinski definition) is 3. The highest BCUT2D eigenvalue weighted by atomic mass is 16.3. The number of carbonyl (C=O) groups excluding carboxylic acids is 1. The van der Waals surface area contributed by atoms with Crippen LogP contribution in [0, 0.1) is 12.8 Å². The molecule has 1 rings (SSSR count). The zero-order chi connectivity index (χ0) is 13.5. The standard InChI is InChI=1S/C14H24N2O2/c1-10(2)9-16-14(17)7-8-15-12(4)13-6-5-11(3)18-13/h5-6,10,12,15H,7-9H2,1-4H3,(H,16,17). The molecule has 0 fully saturated rings. The monoisotopic (exact) mass is 252 g/mol. The van der Waals surface area contributed by atoms with E-state index in [1.165, 1.54) is 0 Å². The van der Waals surface area contributed by atoms with Crippen LogP contribution in [0.25, 0.3) is 0 Å². The van der Waals surface area contributed by atoms with Crippen LogP contribution in [0.3, 0.4) is 0 Å². The number of amides is 1. The molecule has 4 heteroatoms. The van der Waals surface area contributed by atoms with Gasteiger partial charge in [-0.3, -0.25) is 4.79 Å². The van der Waals surface area contributed by atoms with Gasteiger partial charge >= 0.3 is 0 Å². The Labute approximate surface area is 109 Å². The minimum atomic E-state index is 0.0963. The number of rotatable bonds is 7. The van der Waals surface area contributed by atoms with E-state index < -0.39 is 0 Å². The van der Waals surface area contributed by atoms with E-state index in [2.05, 4.69) is 24.5 Å². The molecule has 0 aliphatic carbocycles. The summed E-state index contributed by atoms with van der Waals surface area (Å²) in [5, 5.41) is 6.17. The molecule has 0 saturated heterocycles. The number of carbonyl (C=O) groups is 1. The number of hydrogen-bond donors (Lipinski definition) is 2. The van der Waals surface area contributed by atoms with Gasteiger partial charge in [0, 0.05) is 19.5 Å². The smallest absolute Gasteiger partial charge is 0.221 e. The first-order chi connectivity index (χ1) is 8.49. The molecule has 18 heavy (non-hydrogen) atoms. The van der Waals surface area contributed by atoms with E-state index in [4.69, 9.17) is 4.42 Å². The normalized spacial score (nSPS) is 12.7. The van der Waals surface area contributed by atoms with Crippen LogP contribution in [-0.4, -0.2) is 19.0 Å². The Morgan fingerprint density at radius 2 is 2.06 bits per heavy atom. The van der Waals surface area contributed by atoms with E-state index in [1.54, 1.807) is 0 Å². The molecular weight excluding hydrogens is 228 g/mol. The van der Waals surface area contributed by atoms with Crippen LogP contribution in [0.1, 0.15) is 44.8 Å². The number of aryl methyl sites for hydroxylation is 1. The summed E-state index contributed by atoms with van der Waals surface area (Å²) in [6.45, 7) is 9.52. The molecule has 2 N–H and O–H groups in total. The first-order valence-corrected chi connectivity index (χ1v) is 6.55. The molecule has 0 aliphatic rings. The predicted molar refractivity (Wildman–Crippen MR) is 72.3 cm³/mol. The van der Waals surface area contributed by atoms with Crippen molar-refractivity contribution in [2.75, 3.05) is 13.1 Å². The fraction of sp³-hybridized carbons (Fsp3) is 0.643. The Bertz CT molecular complexity index is 372. The van der Waals surface area contributed by atoms with Gasteiger partial charge in [0.25, 0.3) is 0 Å². The summed E-state index contributed by atoms with van der Waals surface area (Å²) >= 11 is 0. The van der Waals surface area contributed by atoms with Crippen LogP contribution < -0.4 is 10.6 Å². The molecule has 1 unspecified atom stereocenters. The fourth-order valence-corrected chi connectivity index (χ4v) is 1.60.